The molecule has 64 valence electrons. The summed E-state index contributed by atoms with van der Waals surface area (Å²) in [6.07, 6.45) is 8.11. The number of hydrogen-bond donors (Lipinski definition) is 2. The highest BCUT2D eigenvalue weighted by molar-refractivity contribution is 5.21. The Kier molecular flexibility index (Phi) is 2.52. The predicted molar refractivity (Wildman–Crippen MR) is 43.7 cm³/mol. The van der Waals surface area contributed by atoms with Crippen molar-refractivity contribution in [3.05, 3.63) is 24.3 Å². The maximum atomic E-state index is 4.92. The van der Waals surface area contributed by atoms with Crippen LogP contribution in [0.4, 0.5) is 0 Å². The minimum Gasteiger partial charge on any atom is -0.305 e. The zero-order valence-corrected chi connectivity index (χ0v) is 6.46. The molecule has 0 unspecified atom stereocenters. The molecule has 0 aromatic carbocycles. The van der Waals surface area contributed by atoms with Crippen LogP contribution in [-0.4, -0.2) is 5.66 Å². The Morgan fingerprint density at radius 3 is 1.92 bits per heavy atom. The molecule has 0 heterocycles. The third-order valence-electron chi connectivity index (χ3n) is 1.43. The summed E-state index contributed by atoms with van der Waals surface area (Å²) in [5.74, 6) is 9.85. The molecule has 4 N–H and O–H groups in total. The highest BCUT2D eigenvalue weighted by atomic mass is 15.4. The number of rotatable bonds is 2. The Morgan fingerprint density at radius 1 is 1.00 bits per heavy atom. The Balaban J connectivity index is 2.92. The fourth-order valence-electron chi connectivity index (χ4n) is 0.955. The fourth-order valence-corrected chi connectivity index (χ4v) is 0.955. The molecule has 6 nitrogen and oxygen atoms in total. The summed E-state index contributed by atoms with van der Waals surface area (Å²) >= 11 is 0. The summed E-state index contributed by atoms with van der Waals surface area (Å²) in [7, 11) is 0. The molecule has 12 heavy (non-hydrogen) atoms. The lowest BCUT2D eigenvalue weighted by Crippen LogP contribution is -2.18. The van der Waals surface area contributed by atoms with Crippen molar-refractivity contribution in [3.8, 4) is 0 Å². The average molecular weight is 166 g/mol. The van der Waals surface area contributed by atoms with Gasteiger partial charge in [0.05, 0.1) is 0 Å². The Labute approximate surface area is 69.7 Å². The minimum absolute atomic E-state index is 0.849. The van der Waals surface area contributed by atoms with Crippen LogP contribution in [0.1, 0.15) is 6.42 Å². The van der Waals surface area contributed by atoms with E-state index < -0.39 is 5.66 Å². The van der Waals surface area contributed by atoms with E-state index in [1.54, 1.807) is 12.2 Å². The maximum Gasteiger partial charge on any atom is 0.231 e. The summed E-state index contributed by atoms with van der Waals surface area (Å²) < 4.78 is 0. The van der Waals surface area contributed by atoms with Gasteiger partial charge < -0.3 is 11.7 Å². The van der Waals surface area contributed by atoms with E-state index in [9.17, 15) is 0 Å². The summed E-state index contributed by atoms with van der Waals surface area (Å²) in [6, 6.07) is 0. The van der Waals surface area contributed by atoms with Gasteiger partial charge in [0.2, 0.25) is 5.66 Å². The molecular formula is C6H10N6. The van der Waals surface area contributed by atoms with Crippen LogP contribution in [0.25, 0.3) is 0 Å². The molecule has 0 aromatic rings. The van der Waals surface area contributed by atoms with Gasteiger partial charge in [0.25, 0.3) is 0 Å². The van der Waals surface area contributed by atoms with E-state index in [1.165, 1.54) is 0 Å². The van der Waals surface area contributed by atoms with Crippen LogP contribution >= 0.6 is 0 Å². The van der Waals surface area contributed by atoms with Gasteiger partial charge in [0.1, 0.15) is 0 Å². The molecular weight excluding hydrogens is 156 g/mol. The average Bonchev–Trinajstić information content (AvgIpc) is 2.07. The molecule has 0 amide bonds. The number of allylic oxidation sites excluding steroid dienone is 2. The molecule has 6 heteroatoms. The van der Waals surface area contributed by atoms with E-state index in [1.807, 2.05) is 12.2 Å². The van der Waals surface area contributed by atoms with Crippen LogP contribution in [-0.2, 0) is 0 Å². The van der Waals surface area contributed by atoms with Crippen molar-refractivity contribution in [2.24, 2.45) is 32.4 Å². The van der Waals surface area contributed by atoms with Gasteiger partial charge in [-0.3, -0.25) is 0 Å². The minimum atomic E-state index is -0.915. The Morgan fingerprint density at radius 2 is 1.50 bits per heavy atom. The maximum absolute atomic E-state index is 4.92. The zero-order valence-electron chi connectivity index (χ0n) is 6.46. The van der Waals surface area contributed by atoms with Gasteiger partial charge in [-0.25, -0.2) is 0 Å². The third kappa shape index (κ3) is 1.66. The molecule has 1 aliphatic rings. The number of nitrogens with zero attached hydrogens (tertiary/aromatic N) is 4. The first-order valence-corrected chi connectivity index (χ1v) is 3.42. The van der Waals surface area contributed by atoms with E-state index in [0.717, 1.165) is 6.42 Å². The molecule has 1 rings (SSSR count). The fraction of sp³-hybridized carbons (Fsp3) is 0.333. The molecule has 0 spiro atoms. The lowest BCUT2D eigenvalue weighted by molar-refractivity contribution is 0.589. The van der Waals surface area contributed by atoms with Gasteiger partial charge in [-0.2, -0.15) is 0 Å². The van der Waals surface area contributed by atoms with Crippen molar-refractivity contribution < 1.29 is 0 Å². The van der Waals surface area contributed by atoms with Gasteiger partial charge in [-0.15, -0.1) is 10.2 Å². The Hall–Kier alpha value is -1.72. The normalized spacial score (nSPS) is 21.0. The van der Waals surface area contributed by atoms with E-state index in [4.69, 9.17) is 11.7 Å². The van der Waals surface area contributed by atoms with E-state index in [2.05, 4.69) is 20.7 Å². The highest BCUT2D eigenvalue weighted by Crippen LogP contribution is 2.21. The van der Waals surface area contributed by atoms with E-state index in [0.29, 0.717) is 0 Å². The molecule has 0 radical (unpaired) electrons. The Bertz CT molecular complexity index is 217. The van der Waals surface area contributed by atoms with Crippen LogP contribution in [0.2, 0.25) is 0 Å². The van der Waals surface area contributed by atoms with Crippen LogP contribution < -0.4 is 11.7 Å². The molecule has 0 saturated carbocycles. The first-order chi connectivity index (χ1) is 5.83. The topological polar surface area (TPSA) is 101 Å². The quantitative estimate of drug-likeness (QED) is 0.275. The van der Waals surface area contributed by atoms with Crippen molar-refractivity contribution >= 4 is 0 Å². The number of hydrogen-bond acceptors (Lipinski definition) is 4. The molecule has 0 aromatic heterocycles. The monoisotopic (exact) mass is 166 g/mol. The summed E-state index contributed by atoms with van der Waals surface area (Å²) in [5.41, 5.74) is -0.915. The van der Waals surface area contributed by atoms with Crippen molar-refractivity contribution in [1.29, 1.82) is 0 Å². The second-order valence-corrected chi connectivity index (χ2v) is 2.25. The molecule has 0 fully saturated rings. The standard InChI is InChI=1S/C6H10N6/c7-11-9-6(10-12-8)4-2-1-3-5-6/h2-5H,1H2,(H2,7,9)(H2,8,10). The highest BCUT2D eigenvalue weighted by Gasteiger charge is 2.24. The molecule has 0 saturated heterocycles. The summed E-state index contributed by atoms with van der Waals surface area (Å²) in [5, 5.41) is 13.7. The summed E-state index contributed by atoms with van der Waals surface area (Å²) in [4.78, 5) is 0. The predicted octanol–water partition coefficient (Wildman–Crippen LogP) is 0.851. The second-order valence-electron chi connectivity index (χ2n) is 2.25. The number of nitrogens with two attached hydrogens (primary N) is 2. The molecule has 1 aliphatic carbocycles. The second kappa shape index (κ2) is 3.61. The van der Waals surface area contributed by atoms with Crippen LogP contribution in [0.3, 0.4) is 0 Å². The molecule has 0 aliphatic heterocycles. The molecule has 0 bridgehead atoms. The SMILES string of the molecule is NN=NC1(N=NN)C=CCC=C1. The first-order valence-electron chi connectivity index (χ1n) is 3.42. The van der Waals surface area contributed by atoms with Gasteiger partial charge in [-0.05, 0) is 18.6 Å². The van der Waals surface area contributed by atoms with Crippen molar-refractivity contribution in [1.82, 2.24) is 0 Å². The van der Waals surface area contributed by atoms with Crippen LogP contribution in [0, 0.1) is 0 Å². The zero-order chi connectivity index (χ0) is 8.86. The third-order valence-corrected chi connectivity index (χ3v) is 1.43. The van der Waals surface area contributed by atoms with Crippen LogP contribution in [0.5, 0.6) is 0 Å². The smallest absolute Gasteiger partial charge is 0.231 e. The molecule has 0 atom stereocenters. The van der Waals surface area contributed by atoms with Gasteiger partial charge in [-0.1, -0.05) is 22.6 Å². The lowest BCUT2D eigenvalue weighted by Gasteiger charge is -2.15. The lowest BCUT2D eigenvalue weighted by atomic mass is 10.1. The first kappa shape index (κ1) is 8.38. The van der Waals surface area contributed by atoms with Crippen molar-refractivity contribution in [2.75, 3.05) is 0 Å². The van der Waals surface area contributed by atoms with E-state index >= 15 is 0 Å². The van der Waals surface area contributed by atoms with Gasteiger partial charge in [0.15, 0.2) is 0 Å². The van der Waals surface area contributed by atoms with Crippen molar-refractivity contribution in [2.45, 2.75) is 12.1 Å². The largest absolute Gasteiger partial charge is 0.305 e. The van der Waals surface area contributed by atoms with Crippen LogP contribution in [0.15, 0.2) is 45.0 Å². The van der Waals surface area contributed by atoms with Gasteiger partial charge >= 0.3 is 0 Å². The van der Waals surface area contributed by atoms with E-state index in [-0.39, 0.29) is 0 Å². The van der Waals surface area contributed by atoms with Crippen molar-refractivity contribution in [3.63, 3.8) is 0 Å². The van der Waals surface area contributed by atoms with Gasteiger partial charge in [0, 0.05) is 0 Å². The summed E-state index contributed by atoms with van der Waals surface area (Å²) in [6.45, 7) is 0.